The van der Waals surface area contributed by atoms with Gasteiger partial charge in [-0.2, -0.15) is 0 Å². The van der Waals surface area contributed by atoms with Gasteiger partial charge in [0, 0.05) is 5.97 Å². The molecule has 0 heterocycles. The molecule has 0 saturated heterocycles. The molecule has 2 nitrogen and oxygen atoms in total. The summed E-state index contributed by atoms with van der Waals surface area (Å²) in [5.74, 6) is -0.920. The maximum Gasteiger partial charge on any atom is 2.00 e. The Labute approximate surface area is 109 Å². The number of carbonyl (C=O) groups excluding carboxylic acids is 1. The van der Waals surface area contributed by atoms with Crippen LogP contribution < -0.4 is 5.11 Å². The summed E-state index contributed by atoms with van der Waals surface area (Å²) in [6, 6.07) is 0. The molecule has 0 aliphatic heterocycles. The van der Waals surface area contributed by atoms with Crippen LogP contribution in [0.1, 0.15) is 45.4 Å². The largest absolute Gasteiger partial charge is 2.00 e. The molecule has 11 heavy (non-hydrogen) atoms. The average molecular weight is 281 g/mol. The number of carboxylic acids is 1. The van der Waals surface area contributed by atoms with Crippen molar-refractivity contribution in [2.24, 2.45) is 0 Å². The third-order valence-electron chi connectivity index (χ3n) is 1.48. The summed E-state index contributed by atoms with van der Waals surface area (Å²) >= 11 is 0. The number of unbranched alkanes of at least 4 members (excludes halogenated alkanes) is 4. The number of aliphatic carboxylic acids is 1. The van der Waals surface area contributed by atoms with Crippen LogP contribution >= 0.6 is 0 Å². The molecule has 0 rings (SSSR count). The minimum Gasteiger partial charge on any atom is -0.550 e. The Hall–Kier alpha value is 1.04. The average Bonchev–Trinajstić information content (AvgIpc) is 1.87. The second-order valence-electron chi connectivity index (χ2n) is 2.54. The molecule has 0 unspecified atom stereocenters. The predicted molar refractivity (Wildman–Crippen MR) is 44.1 cm³/mol. The van der Waals surface area contributed by atoms with Crippen molar-refractivity contribution in [1.29, 1.82) is 0 Å². The maximum atomic E-state index is 9.92. The first-order chi connectivity index (χ1) is 4.77. The standard InChI is InChI=1S/C8H16O2.Ba/c1-2-3-4-5-6-7-8(9)10;/h2-7H2,1H3,(H,9,10);/q;+2/p-1. The third-order valence-corrected chi connectivity index (χ3v) is 1.48. The van der Waals surface area contributed by atoms with Gasteiger partial charge in [-0.25, -0.2) is 0 Å². The summed E-state index contributed by atoms with van der Waals surface area (Å²) in [7, 11) is 0. The molecule has 0 bridgehead atoms. The summed E-state index contributed by atoms with van der Waals surface area (Å²) in [4.78, 5) is 9.92. The molecule has 0 N–H and O–H groups in total. The molecule has 0 aromatic carbocycles. The van der Waals surface area contributed by atoms with Crippen LogP contribution in [0.25, 0.3) is 0 Å². The molecule has 0 spiro atoms. The topological polar surface area (TPSA) is 40.1 Å². The van der Waals surface area contributed by atoms with Crippen LogP contribution in [0.2, 0.25) is 0 Å². The summed E-state index contributed by atoms with van der Waals surface area (Å²) in [5, 5.41) is 9.92. The van der Waals surface area contributed by atoms with E-state index in [0.29, 0.717) is 0 Å². The Morgan fingerprint density at radius 1 is 1.18 bits per heavy atom. The zero-order valence-corrected chi connectivity index (χ0v) is 11.7. The number of hydrogen-bond donors (Lipinski definition) is 0. The van der Waals surface area contributed by atoms with Crippen LogP contribution in [0.4, 0.5) is 0 Å². The number of rotatable bonds is 6. The van der Waals surface area contributed by atoms with Gasteiger partial charge in [-0.15, -0.1) is 0 Å². The normalized spacial score (nSPS) is 8.82. The van der Waals surface area contributed by atoms with Crippen LogP contribution in [0, 0.1) is 0 Å². The molecular formula is C8H15BaO2+. The van der Waals surface area contributed by atoms with Crippen molar-refractivity contribution >= 4 is 54.9 Å². The molecule has 0 aromatic heterocycles. The van der Waals surface area contributed by atoms with Gasteiger partial charge in [0.15, 0.2) is 0 Å². The first-order valence-electron chi connectivity index (χ1n) is 3.97. The Balaban J connectivity index is 0. The van der Waals surface area contributed by atoms with Gasteiger partial charge in [0.05, 0.1) is 0 Å². The maximum absolute atomic E-state index is 9.92. The fraction of sp³-hybridized carbons (Fsp3) is 0.875. The Kier molecular flexibility index (Phi) is 14.6. The quantitative estimate of drug-likeness (QED) is 0.531. The van der Waals surface area contributed by atoms with Gasteiger partial charge in [0.25, 0.3) is 0 Å². The SMILES string of the molecule is CCCCCCCC(=O)[O-].[Ba+2]. The zero-order chi connectivity index (χ0) is 7.82. The van der Waals surface area contributed by atoms with E-state index in [9.17, 15) is 9.90 Å². The molecule has 0 amide bonds. The smallest absolute Gasteiger partial charge is 0.550 e. The van der Waals surface area contributed by atoms with Gasteiger partial charge < -0.3 is 9.90 Å². The van der Waals surface area contributed by atoms with Crippen molar-refractivity contribution in [3.8, 4) is 0 Å². The molecular weight excluding hydrogens is 265 g/mol. The van der Waals surface area contributed by atoms with E-state index >= 15 is 0 Å². The minimum atomic E-state index is -0.920. The molecule has 0 aromatic rings. The van der Waals surface area contributed by atoms with E-state index in [0.717, 1.165) is 19.3 Å². The Morgan fingerprint density at radius 3 is 2.18 bits per heavy atom. The van der Waals surface area contributed by atoms with Gasteiger partial charge >= 0.3 is 48.9 Å². The van der Waals surface area contributed by atoms with Gasteiger partial charge in [0.1, 0.15) is 0 Å². The van der Waals surface area contributed by atoms with Crippen LogP contribution in [0.3, 0.4) is 0 Å². The first kappa shape index (κ1) is 14.6. The monoisotopic (exact) mass is 281 g/mol. The second-order valence-corrected chi connectivity index (χ2v) is 2.54. The van der Waals surface area contributed by atoms with Crippen LogP contribution in [-0.2, 0) is 4.79 Å². The van der Waals surface area contributed by atoms with Gasteiger partial charge in [-0.1, -0.05) is 32.6 Å². The van der Waals surface area contributed by atoms with Crippen molar-refractivity contribution in [2.75, 3.05) is 0 Å². The fourth-order valence-electron chi connectivity index (χ4n) is 0.873. The van der Waals surface area contributed by atoms with Crippen molar-refractivity contribution in [3.63, 3.8) is 0 Å². The molecule has 3 heteroatoms. The van der Waals surface area contributed by atoms with Crippen molar-refractivity contribution < 1.29 is 9.90 Å². The molecule has 0 fully saturated rings. The molecule has 60 valence electrons. The summed E-state index contributed by atoms with van der Waals surface area (Å²) in [6.45, 7) is 2.14. The summed E-state index contributed by atoms with van der Waals surface area (Å²) < 4.78 is 0. The predicted octanol–water partition coefficient (Wildman–Crippen LogP) is 0.716. The van der Waals surface area contributed by atoms with Crippen LogP contribution in [0.15, 0.2) is 0 Å². The minimum absolute atomic E-state index is 0. The van der Waals surface area contributed by atoms with Crippen molar-refractivity contribution in [2.45, 2.75) is 45.4 Å². The van der Waals surface area contributed by atoms with Crippen LogP contribution in [0.5, 0.6) is 0 Å². The third kappa shape index (κ3) is 14.0. The van der Waals surface area contributed by atoms with Gasteiger partial charge in [0.2, 0.25) is 0 Å². The number of carboxylic acid groups (broad SMARTS) is 1. The van der Waals surface area contributed by atoms with E-state index < -0.39 is 5.97 Å². The van der Waals surface area contributed by atoms with E-state index in [4.69, 9.17) is 0 Å². The molecule has 0 saturated carbocycles. The summed E-state index contributed by atoms with van der Waals surface area (Å²) in [6.07, 6.45) is 5.61. The molecule has 0 radical (unpaired) electrons. The fourth-order valence-corrected chi connectivity index (χ4v) is 0.873. The first-order valence-corrected chi connectivity index (χ1v) is 3.97. The van der Waals surface area contributed by atoms with Gasteiger partial charge in [-0.3, -0.25) is 0 Å². The molecule has 0 aliphatic rings. The van der Waals surface area contributed by atoms with E-state index in [-0.39, 0.29) is 55.3 Å². The Morgan fingerprint density at radius 2 is 1.73 bits per heavy atom. The van der Waals surface area contributed by atoms with Crippen molar-refractivity contribution in [1.82, 2.24) is 0 Å². The Bertz CT molecular complexity index is 94.1. The van der Waals surface area contributed by atoms with E-state index in [1.165, 1.54) is 12.8 Å². The number of hydrogen-bond acceptors (Lipinski definition) is 2. The van der Waals surface area contributed by atoms with Crippen molar-refractivity contribution in [3.05, 3.63) is 0 Å². The zero-order valence-electron chi connectivity index (χ0n) is 7.27. The second kappa shape index (κ2) is 11.0. The molecule has 0 aliphatic carbocycles. The van der Waals surface area contributed by atoms with E-state index in [1.807, 2.05) is 0 Å². The molecule has 0 atom stereocenters. The van der Waals surface area contributed by atoms with Crippen LogP contribution in [-0.4, -0.2) is 54.9 Å². The number of carbonyl (C=O) groups is 1. The van der Waals surface area contributed by atoms with Gasteiger partial charge in [-0.05, 0) is 12.8 Å². The van der Waals surface area contributed by atoms with E-state index in [1.54, 1.807) is 0 Å². The summed E-state index contributed by atoms with van der Waals surface area (Å²) in [5.41, 5.74) is 0. The van der Waals surface area contributed by atoms with E-state index in [2.05, 4.69) is 6.92 Å².